The van der Waals surface area contributed by atoms with E-state index in [4.69, 9.17) is 11.3 Å². The van der Waals surface area contributed by atoms with Crippen molar-refractivity contribution in [3.63, 3.8) is 0 Å². The highest BCUT2D eigenvalue weighted by Crippen LogP contribution is 2.33. The molecular formula is C25H38N8O3S. The van der Waals surface area contributed by atoms with Gasteiger partial charge in [-0.05, 0) is 43.2 Å². The summed E-state index contributed by atoms with van der Waals surface area (Å²) in [5, 5.41) is 15.8. The van der Waals surface area contributed by atoms with Crippen LogP contribution in [0.15, 0.2) is 29.4 Å². The van der Waals surface area contributed by atoms with Gasteiger partial charge < -0.3 is 27.0 Å². The Balaban J connectivity index is 1.13. The Hall–Kier alpha value is -2.95. The van der Waals surface area contributed by atoms with E-state index in [-0.39, 0.29) is 29.9 Å². The van der Waals surface area contributed by atoms with Crippen LogP contribution in [0.1, 0.15) is 56.9 Å². The number of nitrogens with two attached hydrogens (primary N) is 1. The third-order valence-corrected chi connectivity index (χ3v) is 8.20. The summed E-state index contributed by atoms with van der Waals surface area (Å²) in [5.41, 5.74) is 15.9. The molecule has 4 atom stereocenters. The number of rotatable bonds is 16. The number of nitrogens with one attached hydrogen (secondary N) is 4. The molecule has 37 heavy (non-hydrogen) atoms. The second-order valence-corrected chi connectivity index (χ2v) is 10.9. The molecule has 2 saturated heterocycles. The number of thioether (sulfide) groups is 1. The summed E-state index contributed by atoms with van der Waals surface area (Å²) in [4.78, 5) is 38.4. The van der Waals surface area contributed by atoms with Gasteiger partial charge in [0.15, 0.2) is 0 Å². The Morgan fingerprint density at radius 1 is 1.08 bits per heavy atom. The molecule has 0 unspecified atom stereocenters. The molecule has 0 saturated carbocycles. The van der Waals surface area contributed by atoms with E-state index in [9.17, 15) is 14.4 Å². The highest BCUT2D eigenvalue weighted by Gasteiger charge is 2.42. The molecular weight excluding hydrogens is 492 g/mol. The van der Waals surface area contributed by atoms with Crippen LogP contribution in [0.3, 0.4) is 0 Å². The van der Waals surface area contributed by atoms with Crippen LogP contribution in [-0.4, -0.2) is 60.1 Å². The van der Waals surface area contributed by atoms with Gasteiger partial charge in [0.2, 0.25) is 11.8 Å². The predicted molar refractivity (Wildman–Crippen MR) is 145 cm³/mol. The molecule has 2 aliphatic heterocycles. The number of carbonyl (C=O) groups excluding carboxylic acids is 3. The summed E-state index contributed by atoms with van der Waals surface area (Å²) < 4.78 is 0. The van der Waals surface area contributed by atoms with E-state index in [0.29, 0.717) is 36.9 Å². The minimum absolute atomic E-state index is 0.0581. The normalized spacial score (nSPS) is 20.8. The SMILES string of the molecule is [N-]=[N+]=Nc1ccc(C[C@H](N)C(=O)NCCCCCCNC(=O)CCCC[C@@H]2SC[C@@H]3NC(=O)N[C@@H]32)cc1. The zero-order valence-electron chi connectivity index (χ0n) is 21.2. The number of unbranched alkanes of at least 4 members (excludes halogenated alkanes) is 4. The molecule has 0 radical (unpaired) electrons. The lowest BCUT2D eigenvalue weighted by Crippen LogP contribution is -2.42. The Kier molecular flexibility index (Phi) is 11.9. The molecule has 0 spiro atoms. The first-order valence-corrected chi connectivity index (χ1v) is 14.1. The van der Waals surface area contributed by atoms with Crippen molar-refractivity contribution in [2.75, 3.05) is 18.8 Å². The van der Waals surface area contributed by atoms with E-state index >= 15 is 0 Å². The fourth-order valence-electron chi connectivity index (χ4n) is 4.63. The maximum Gasteiger partial charge on any atom is 0.315 e. The first-order valence-electron chi connectivity index (χ1n) is 13.1. The molecule has 0 aliphatic carbocycles. The quantitative estimate of drug-likeness (QED) is 0.0725. The van der Waals surface area contributed by atoms with Crippen LogP contribution < -0.4 is 27.0 Å². The van der Waals surface area contributed by atoms with E-state index in [1.54, 1.807) is 24.3 Å². The van der Waals surface area contributed by atoms with Crippen molar-refractivity contribution in [3.8, 4) is 0 Å². The zero-order valence-corrected chi connectivity index (χ0v) is 22.0. The van der Waals surface area contributed by atoms with Crippen molar-refractivity contribution < 1.29 is 14.4 Å². The lowest BCUT2D eigenvalue weighted by atomic mass is 10.0. The molecule has 1 aromatic rings. The minimum atomic E-state index is -0.630. The van der Waals surface area contributed by atoms with Crippen LogP contribution in [0.4, 0.5) is 10.5 Å². The summed E-state index contributed by atoms with van der Waals surface area (Å²) in [6.45, 7) is 1.25. The van der Waals surface area contributed by atoms with Gasteiger partial charge in [-0.2, -0.15) is 11.8 Å². The molecule has 1 aromatic carbocycles. The zero-order chi connectivity index (χ0) is 26.5. The first-order chi connectivity index (χ1) is 18.0. The molecule has 6 N–H and O–H groups in total. The van der Waals surface area contributed by atoms with Gasteiger partial charge in [0.25, 0.3) is 0 Å². The number of hydrogen-bond acceptors (Lipinski definition) is 6. The van der Waals surface area contributed by atoms with Crippen LogP contribution in [0.2, 0.25) is 0 Å². The van der Waals surface area contributed by atoms with Gasteiger partial charge in [-0.1, -0.05) is 48.6 Å². The number of hydrogen-bond donors (Lipinski definition) is 5. The largest absolute Gasteiger partial charge is 0.356 e. The second kappa shape index (κ2) is 15.3. The number of fused-ring (bicyclic) bond motifs is 1. The summed E-state index contributed by atoms with van der Waals surface area (Å²) in [6, 6.07) is 6.79. The Labute approximate surface area is 222 Å². The van der Waals surface area contributed by atoms with Crippen LogP contribution in [0, 0.1) is 0 Å². The fourth-order valence-corrected chi connectivity index (χ4v) is 6.18. The summed E-state index contributed by atoms with van der Waals surface area (Å²) in [5.74, 6) is 0.884. The van der Waals surface area contributed by atoms with Crippen molar-refractivity contribution in [2.45, 2.75) is 81.2 Å². The average molecular weight is 531 g/mol. The van der Waals surface area contributed by atoms with Crippen LogP contribution in [0.5, 0.6) is 0 Å². The summed E-state index contributed by atoms with van der Waals surface area (Å²) >= 11 is 1.91. The third-order valence-electron chi connectivity index (χ3n) is 6.69. The van der Waals surface area contributed by atoms with Gasteiger partial charge in [0, 0.05) is 41.1 Å². The smallest absolute Gasteiger partial charge is 0.315 e. The fraction of sp³-hybridized carbons (Fsp3) is 0.640. The van der Waals surface area contributed by atoms with Crippen molar-refractivity contribution in [1.82, 2.24) is 21.3 Å². The van der Waals surface area contributed by atoms with Gasteiger partial charge in [-0.15, -0.1) is 0 Å². The number of carbonyl (C=O) groups is 3. The molecule has 3 rings (SSSR count). The van der Waals surface area contributed by atoms with Crippen molar-refractivity contribution in [2.24, 2.45) is 10.8 Å². The maximum atomic E-state index is 12.2. The third kappa shape index (κ3) is 9.79. The number of benzene rings is 1. The van der Waals surface area contributed by atoms with E-state index in [0.717, 1.165) is 56.3 Å². The summed E-state index contributed by atoms with van der Waals surface area (Å²) in [6.07, 6.45) is 7.57. The first kappa shape index (κ1) is 28.6. The summed E-state index contributed by atoms with van der Waals surface area (Å²) in [7, 11) is 0. The van der Waals surface area contributed by atoms with Crippen molar-refractivity contribution in [1.29, 1.82) is 0 Å². The molecule has 11 nitrogen and oxygen atoms in total. The highest BCUT2D eigenvalue weighted by atomic mass is 32.2. The van der Waals surface area contributed by atoms with E-state index in [1.807, 2.05) is 11.8 Å². The maximum absolute atomic E-state index is 12.2. The second-order valence-electron chi connectivity index (χ2n) is 9.59. The van der Waals surface area contributed by atoms with Crippen LogP contribution >= 0.6 is 11.8 Å². The van der Waals surface area contributed by atoms with E-state index in [1.165, 1.54) is 0 Å². The van der Waals surface area contributed by atoms with E-state index < -0.39 is 6.04 Å². The number of azide groups is 1. The van der Waals surface area contributed by atoms with E-state index in [2.05, 4.69) is 31.3 Å². The Morgan fingerprint density at radius 2 is 1.81 bits per heavy atom. The molecule has 0 bridgehead atoms. The molecule has 2 fully saturated rings. The highest BCUT2D eigenvalue weighted by molar-refractivity contribution is 8.00. The molecule has 2 aliphatic rings. The monoisotopic (exact) mass is 530 g/mol. The minimum Gasteiger partial charge on any atom is -0.356 e. The number of urea groups is 1. The molecule has 0 aromatic heterocycles. The Bertz CT molecular complexity index is 954. The van der Waals surface area contributed by atoms with Crippen LogP contribution in [0.25, 0.3) is 10.4 Å². The van der Waals surface area contributed by atoms with Gasteiger partial charge in [0.05, 0.1) is 18.1 Å². The molecule has 2 heterocycles. The number of amides is 4. The topological polar surface area (TPSA) is 174 Å². The predicted octanol–water partition coefficient (Wildman–Crippen LogP) is 3.02. The number of nitrogens with zero attached hydrogens (tertiary/aromatic N) is 3. The molecule has 4 amide bonds. The van der Waals surface area contributed by atoms with Gasteiger partial charge in [-0.25, -0.2) is 4.79 Å². The standard InChI is InChI=1S/C25H38N8O3S/c26-19(15-17-9-11-18(12-10-17)32-33-27)24(35)29-14-6-2-1-5-13-28-22(34)8-4-3-7-21-23-20(16-37-21)30-25(36)31-23/h9-12,19-21,23H,1-8,13-16,26H2,(H,28,34)(H,29,35)(H2,30,31,36)/t19-,20-,21-,23-/m0/s1. The van der Waals surface area contributed by atoms with Gasteiger partial charge >= 0.3 is 6.03 Å². The van der Waals surface area contributed by atoms with Crippen molar-refractivity contribution >= 4 is 35.3 Å². The van der Waals surface area contributed by atoms with Crippen LogP contribution in [-0.2, 0) is 16.0 Å². The van der Waals surface area contributed by atoms with Gasteiger partial charge in [-0.3, -0.25) is 9.59 Å². The lowest BCUT2D eigenvalue weighted by Gasteiger charge is -2.16. The van der Waals surface area contributed by atoms with Crippen molar-refractivity contribution in [3.05, 3.63) is 40.3 Å². The lowest BCUT2D eigenvalue weighted by molar-refractivity contribution is -0.122. The Morgan fingerprint density at radius 3 is 2.54 bits per heavy atom. The molecule has 12 heteroatoms. The average Bonchev–Trinajstić information content (AvgIpc) is 3.43. The molecule has 202 valence electrons. The van der Waals surface area contributed by atoms with Gasteiger partial charge in [0.1, 0.15) is 0 Å².